The maximum absolute atomic E-state index is 12.2. The highest BCUT2D eigenvalue weighted by Gasteiger charge is 2.18. The molecule has 3 nitrogen and oxygen atoms in total. The molecule has 1 heterocycles. The van der Waals surface area contributed by atoms with Gasteiger partial charge in [-0.05, 0) is 62.1 Å². The number of para-hydroxylation sites is 1. The number of aromatic nitrogens is 1. The summed E-state index contributed by atoms with van der Waals surface area (Å²) in [6, 6.07) is 11.9. The topological polar surface area (TPSA) is 33.2 Å². The Balaban J connectivity index is 1.82. The molecular weight excluding hydrogens is 372 g/mol. The van der Waals surface area contributed by atoms with E-state index in [0.717, 1.165) is 22.3 Å². The summed E-state index contributed by atoms with van der Waals surface area (Å²) in [5.74, 6) is 0.762. The quantitative estimate of drug-likeness (QED) is 0.471. The molecule has 0 N–H and O–H groups in total. The van der Waals surface area contributed by atoms with Crippen LogP contribution in [0.2, 0.25) is 0 Å². The molecule has 0 bridgehead atoms. The summed E-state index contributed by atoms with van der Waals surface area (Å²) in [6.07, 6.45) is 0. The second kappa shape index (κ2) is 8.28. The van der Waals surface area contributed by atoms with E-state index in [-0.39, 0.29) is 5.91 Å². The SMILES string of the molecule is CC(=O)N(c1ccccc1)c1nc(CSc2c(C)c(C)cc(C)c2C)cs1. The lowest BCUT2D eigenvalue weighted by atomic mass is 10.0. The Morgan fingerprint density at radius 3 is 2.30 bits per heavy atom. The molecular formula is C22H24N2OS2. The van der Waals surface area contributed by atoms with E-state index in [0.29, 0.717) is 0 Å². The fraction of sp³-hybridized carbons (Fsp3) is 0.273. The number of nitrogens with zero attached hydrogens (tertiary/aromatic N) is 2. The highest BCUT2D eigenvalue weighted by atomic mass is 32.2. The minimum atomic E-state index is -0.0317. The molecule has 3 rings (SSSR count). The third-order valence-corrected chi connectivity index (χ3v) is 6.94. The van der Waals surface area contributed by atoms with Crippen LogP contribution in [0, 0.1) is 27.7 Å². The van der Waals surface area contributed by atoms with Crippen LogP contribution >= 0.6 is 23.1 Å². The predicted molar refractivity (Wildman–Crippen MR) is 116 cm³/mol. The first-order valence-electron chi connectivity index (χ1n) is 8.89. The molecule has 0 atom stereocenters. The third-order valence-electron chi connectivity index (χ3n) is 4.72. The Morgan fingerprint density at radius 2 is 1.70 bits per heavy atom. The maximum atomic E-state index is 12.2. The van der Waals surface area contributed by atoms with Crippen molar-refractivity contribution >= 4 is 39.8 Å². The molecule has 0 radical (unpaired) electrons. The molecule has 0 aliphatic carbocycles. The molecule has 140 valence electrons. The Kier molecular flexibility index (Phi) is 6.02. The van der Waals surface area contributed by atoms with Crippen molar-refractivity contribution in [2.45, 2.75) is 45.3 Å². The van der Waals surface area contributed by atoms with Crippen molar-refractivity contribution in [3.05, 3.63) is 69.7 Å². The summed E-state index contributed by atoms with van der Waals surface area (Å²) < 4.78 is 0. The number of thiazole rings is 1. The molecule has 5 heteroatoms. The first-order chi connectivity index (χ1) is 12.9. The van der Waals surface area contributed by atoms with Crippen molar-refractivity contribution in [2.24, 2.45) is 0 Å². The molecule has 0 saturated carbocycles. The van der Waals surface area contributed by atoms with E-state index in [1.165, 1.54) is 38.5 Å². The van der Waals surface area contributed by atoms with Crippen molar-refractivity contribution in [1.29, 1.82) is 0 Å². The molecule has 0 aliphatic rings. The number of carbonyl (C=O) groups is 1. The standard InChI is InChI=1S/C22H24N2OS2/c1-14-11-15(2)17(4)21(16(14)3)26-12-19-13-27-22(23-19)24(18(5)25)20-9-7-6-8-10-20/h6-11,13H,12H2,1-5H3. The average Bonchev–Trinajstić information content (AvgIpc) is 3.09. The van der Waals surface area contributed by atoms with E-state index in [4.69, 9.17) is 4.98 Å². The van der Waals surface area contributed by atoms with E-state index in [1.807, 2.05) is 42.1 Å². The van der Waals surface area contributed by atoms with Gasteiger partial charge in [-0.1, -0.05) is 24.3 Å². The number of benzene rings is 2. The van der Waals surface area contributed by atoms with Gasteiger partial charge in [-0.25, -0.2) is 4.98 Å². The Bertz CT molecular complexity index is 938. The van der Waals surface area contributed by atoms with Gasteiger partial charge in [0.15, 0.2) is 5.13 Å². The number of hydrogen-bond acceptors (Lipinski definition) is 4. The van der Waals surface area contributed by atoms with Crippen molar-refractivity contribution in [1.82, 2.24) is 4.98 Å². The molecule has 0 fully saturated rings. The second-order valence-electron chi connectivity index (χ2n) is 6.69. The molecule has 0 aliphatic heterocycles. The fourth-order valence-electron chi connectivity index (χ4n) is 3.01. The Hall–Kier alpha value is -2.11. The monoisotopic (exact) mass is 396 g/mol. The van der Waals surface area contributed by atoms with Gasteiger partial charge in [0.1, 0.15) is 0 Å². The van der Waals surface area contributed by atoms with Crippen molar-refractivity contribution in [2.75, 3.05) is 4.90 Å². The zero-order chi connectivity index (χ0) is 19.6. The van der Waals surface area contributed by atoms with Gasteiger partial charge in [0, 0.05) is 23.0 Å². The van der Waals surface area contributed by atoms with Crippen LogP contribution < -0.4 is 4.90 Å². The molecule has 0 unspecified atom stereocenters. The van der Waals surface area contributed by atoms with Crippen LogP contribution in [0.4, 0.5) is 10.8 Å². The highest BCUT2D eigenvalue weighted by molar-refractivity contribution is 7.98. The molecule has 1 amide bonds. The van der Waals surface area contributed by atoms with Gasteiger partial charge in [-0.3, -0.25) is 9.69 Å². The smallest absolute Gasteiger partial charge is 0.230 e. The van der Waals surface area contributed by atoms with Crippen LogP contribution in [-0.2, 0) is 10.5 Å². The van der Waals surface area contributed by atoms with Crippen LogP contribution in [0.1, 0.15) is 34.9 Å². The Labute approximate surface area is 169 Å². The number of anilines is 2. The normalized spacial score (nSPS) is 10.9. The molecule has 1 aromatic heterocycles. The van der Waals surface area contributed by atoms with Crippen molar-refractivity contribution < 1.29 is 4.79 Å². The van der Waals surface area contributed by atoms with Crippen LogP contribution in [-0.4, -0.2) is 10.9 Å². The predicted octanol–water partition coefficient (Wildman–Crippen LogP) is 6.35. The van der Waals surface area contributed by atoms with Gasteiger partial charge in [-0.15, -0.1) is 23.1 Å². The lowest BCUT2D eigenvalue weighted by molar-refractivity contribution is -0.115. The van der Waals surface area contributed by atoms with Crippen LogP contribution in [0.25, 0.3) is 0 Å². The summed E-state index contributed by atoms with van der Waals surface area (Å²) in [5, 5.41) is 2.77. The van der Waals surface area contributed by atoms with Crippen LogP contribution in [0.5, 0.6) is 0 Å². The lowest BCUT2D eigenvalue weighted by Crippen LogP contribution is -2.22. The van der Waals surface area contributed by atoms with Gasteiger partial charge < -0.3 is 0 Å². The number of amides is 1. The van der Waals surface area contributed by atoms with Gasteiger partial charge in [0.2, 0.25) is 5.91 Å². The summed E-state index contributed by atoms with van der Waals surface area (Å²) in [4.78, 5) is 19.9. The Morgan fingerprint density at radius 1 is 1.07 bits per heavy atom. The first-order valence-corrected chi connectivity index (χ1v) is 10.8. The summed E-state index contributed by atoms with van der Waals surface area (Å²) >= 11 is 3.34. The lowest BCUT2D eigenvalue weighted by Gasteiger charge is -2.17. The van der Waals surface area contributed by atoms with E-state index >= 15 is 0 Å². The van der Waals surface area contributed by atoms with E-state index in [9.17, 15) is 4.79 Å². The van der Waals surface area contributed by atoms with Crippen LogP contribution in [0.3, 0.4) is 0 Å². The number of hydrogen-bond donors (Lipinski definition) is 0. The molecule has 0 spiro atoms. The summed E-state index contributed by atoms with van der Waals surface area (Å²) in [6.45, 7) is 10.3. The largest absolute Gasteiger partial charge is 0.274 e. The molecule has 27 heavy (non-hydrogen) atoms. The first kappa shape index (κ1) is 19.6. The number of aryl methyl sites for hydroxylation is 2. The maximum Gasteiger partial charge on any atom is 0.230 e. The zero-order valence-corrected chi connectivity index (χ0v) is 18.0. The van der Waals surface area contributed by atoms with Gasteiger partial charge in [-0.2, -0.15) is 0 Å². The van der Waals surface area contributed by atoms with E-state index in [2.05, 4.69) is 39.1 Å². The molecule has 3 aromatic rings. The average molecular weight is 397 g/mol. The second-order valence-corrected chi connectivity index (χ2v) is 8.51. The van der Waals surface area contributed by atoms with E-state index in [1.54, 1.807) is 11.8 Å². The van der Waals surface area contributed by atoms with Gasteiger partial charge in [0.05, 0.1) is 11.4 Å². The number of thioether (sulfide) groups is 1. The van der Waals surface area contributed by atoms with Gasteiger partial charge >= 0.3 is 0 Å². The molecule has 2 aromatic carbocycles. The summed E-state index contributed by atoms with van der Waals surface area (Å²) in [5.41, 5.74) is 7.18. The number of carbonyl (C=O) groups excluding carboxylic acids is 1. The summed E-state index contributed by atoms with van der Waals surface area (Å²) in [7, 11) is 0. The minimum Gasteiger partial charge on any atom is -0.274 e. The van der Waals surface area contributed by atoms with Crippen LogP contribution in [0.15, 0.2) is 46.7 Å². The van der Waals surface area contributed by atoms with Crippen molar-refractivity contribution in [3.8, 4) is 0 Å². The van der Waals surface area contributed by atoms with Crippen molar-refractivity contribution in [3.63, 3.8) is 0 Å². The minimum absolute atomic E-state index is 0.0317. The fourth-order valence-corrected chi connectivity index (χ4v) is 5.20. The van der Waals surface area contributed by atoms with E-state index < -0.39 is 0 Å². The van der Waals surface area contributed by atoms with Gasteiger partial charge in [0.25, 0.3) is 0 Å². The molecule has 0 saturated heterocycles. The zero-order valence-electron chi connectivity index (χ0n) is 16.4. The number of rotatable bonds is 5. The highest BCUT2D eigenvalue weighted by Crippen LogP contribution is 2.35. The third kappa shape index (κ3) is 4.25.